The fourth-order valence-electron chi connectivity index (χ4n) is 1.88. The fourth-order valence-corrected chi connectivity index (χ4v) is 3.31. The molecular formula is C12H15Cl2N3S. The number of nitrogens with zero attached hydrogens (tertiary/aromatic N) is 2. The molecule has 6 heteroatoms. The number of thiophene rings is 1. The molecule has 2 aromatic heterocycles. The van der Waals surface area contributed by atoms with E-state index >= 15 is 0 Å². The number of halogens is 2. The van der Waals surface area contributed by atoms with Gasteiger partial charge in [0.25, 0.3) is 0 Å². The van der Waals surface area contributed by atoms with Crippen LogP contribution in [0.5, 0.6) is 0 Å². The lowest BCUT2D eigenvalue weighted by atomic mass is 10.1. The Morgan fingerprint density at radius 2 is 2.17 bits per heavy atom. The van der Waals surface area contributed by atoms with Crippen molar-refractivity contribution >= 4 is 34.5 Å². The fraction of sp³-hybridized carbons (Fsp3) is 0.417. The van der Waals surface area contributed by atoms with Gasteiger partial charge < -0.3 is 5.73 Å². The maximum atomic E-state index is 6.30. The summed E-state index contributed by atoms with van der Waals surface area (Å²) in [5, 5.41) is 5.12. The molecule has 2 heterocycles. The average Bonchev–Trinajstić information content (AvgIpc) is 2.87. The predicted octanol–water partition coefficient (Wildman–Crippen LogP) is 3.59. The first-order valence-corrected chi connectivity index (χ1v) is 7.31. The normalized spacial score (nSPS) is 12.9. The van der Waals surface area contributed by atoms with Crippen molar-refractivity contribution < 1.29 is 0 Å². The van der Waals surface area contributed by atoms with Crippen LogP contribution in [0.1, 0.15) is 29.2 Å². The van der Waals surface area contributed by atoms with E-state index in [9.17, 15) is 0 Å². The largest absolute Gasteiger partial charge is 0.323 e. The SMILES string of the molecule is CCc1nn(C)c(CC(N)c2ccc(Cl)s2)c1Cl. The van der Waals surface area contributed by atoms with Crippen molar-refractivity contribution in [3.63, 3.8) is 0 Å². The molecule has 0 bridgehead atoms. The number of aromatic nitrogens is 2. The molecule has 0 saturated heterocycles. The quantitative estimate of drug-likeness (QED) is 0.938. The monoisotopic (exact) mass is 303 g/mol. The van der Waals surface area contributed by atoms with Crippen molar-refractivity contribution in [3.8, 4) is 0 Å². The molecule has 0 aliphatic carbocycles. The van der Waals surface area contributed by atoms with Crippen molar-refractivity contribution in [2.45, 2.75) is 25.8 Å². The lowest BCUT2D eigenvalue weighted by molar-refractivity contribution is 0.644. The highest BCUT2D eigenvalue weighted by atomic mass is 35.5. The summed E-state index contributed by atoms with van der Waals surface area (Å²) < 4.78 is 2.57. The third-order valence-electron chi connectivity index (χ3n) is 2.88. The summed E-state index contributed by atoms with van der Waals surface area (Å²) in [6.07, 6.45) is 1.49. The molecule has 2 aromatic rings. The first-order chi connectivity index (χ1) is 8.52. The zero-order valence-electron chi connectivity index (χ0n) is 10.3. The Hall–Kier alpha value is -0.550. The summed E-state index contributed by atoms with van der Waals surface area (Å²) in [6, 6.07) is 3.73. The summed E-state index contributed by atoms with van der Waals surface area (Å²) in [6.45, 7) is 2.04. The van der Waals surface area contributed by atoms with E-state index in [2.05, 4.69) is 5.10 Å². The van der Waals surface area contributed by atoms with Gasteiger partial charge >= 0.3 is 0 Å². The molecule has 1 atom stereocenters. The van der Waals surface area contributed by atoms with Crippen LogP contribution in [0.4, 0.5) is 0 Å². The Bertz CT molecular complexity index is 548. The molecule has 2 N–H and O–H groups in total. The molecule has 98 valence electrons. The van der Waals surface area contributed by atoms with E-state index in [0.29, 0.717) is 6.42 Å². The minimum atomic E-state index is -0.0971. The molecule has 0 saturated carbocycles. The van der Waals surface area contributed by atoms with Crippen LogP contribution < -0.4 is 5.73 Å². The second-order valence-corrected chi connectivity index (χ2v) is 6.26. The second kappa shape index (κ2) is 5.61. The van der Waals surface area contributed by atoms with E-state index in [4.69, 9.17) is 28.9 Å². The first kappa shape index (κ1) is 13.9. The van der Waals surface area contributed by atoms with E-state index in [0.717, 1.165) is 32.0 Å². The molecule has 1 unspecified atom stereocenters. The van der Waals surface area contributed by atoms with Gasteiger partial charge in [-0.15, -0.1) is 11.3 Å². The Labute approximate surface area is 121 Å². The topological polar surface area (TPSA) is 43.8 Å². The van der Waals surface area contributed by atoms with Crippen molar-refractivity contribution in [1.82, 2.24) is 9.78 Å². The van der Waals surface area contributed by atoms with Gasteiger partial charge in [-0.2, -0.15) is 5.10 Å². The predicted molar refractivity (Wildman–Crippen MR) is 77.6 cm³/mol. The third-order valence-corrected chi connectivity index (χ3v) is 4.68. The number of hydrogen-bond acceptors (Lipinski definition) is 3. The zero-order chi connectivity index (χ0) is 13.3. The van der Waals surface area contributed by atoms with Crippen molar-refractivity contribution in [1.29, 1.82) is 0 Å². The van der Waals surface area contributed by atoms with Crippen LogP contribution in [0, 0.1) is 0 Å². The van der Waals surface area contributed by atoms with Crippen molar-refractivity contribution in [2.75, 3.05) is 0 Å². The molecule has 0 aliphatic rings. The Morgan fingerprint density at radius 1 is 1.44 bits per heavy atom. The Kier molecular flexibility index (Phi) is 4.33. The molecular weight excluding hydrogens is 289 g/mol. The van der Waals surface area contributed by atoms with Gasteiger partial charge in [0.2, 0.25) is 0 Å². The highest BCUT2D eigenvalue weighted by Gasteiger charge is 2.17. The summed E-state index contributed by atoms with van der Waals surface area (Å²) >= 11 is 13.7. The molecule has 18 heavy (non-hydrogen) atoms. The third kappa shape index (κ3) is 2.72. The summed E-state index contributed by atoms with van der Waals surface area (Å²) in [4.78, 5) is 1.07. The number of hydrogen-bond donors (Lipinski definition) is 1. The van der Waals surface area contributed by atoms with Crippen LogP contribution >= 0.6 is 34.5 Å². The van der Waals surface area contributed by atoms with Crippen molar-refractivity contribution in [3.05, 3.63) is 37.8 Å². The van der Waals surface area contributed by atoms with E-state index < -0.39 is 0 Å². The highest BCUT2D eigenvalue weighted by molar-refractivity contribution is 7.16. The molecule has 0 amide bonds. The van der Waals surface area contributed by atoms with E-state index in [1.54, 1.807) is 0 Å². The maximum Gasteiger partial charge on any atom is 0.0931 e. The van der Waals surface area contributed by atoms with Crippen LogP contribution in [0.15, 0.2) is 12.1 Å². The van der Waals surface area contributed by atoms with Gasteiger partial charge in [0.1, 0.15) is 0 Å². The summed E-state index contributed by atoms with van der Waals surface area (Å²) in [5.41, 5.74) is 8.08. The van der Waals surface area contributed by atoms with E-state index in [-0.39, 0.29) is 6.04 Å². The Morgan fingerprint density at radius 3 is 2.67 bits per heavy atom. The standard InChI is InChI=1S/C12H15Cl2N3S/c1-3-8-12(14)9(17(2)16-8)6-7(15)10-4-5-11(13)18-10/h4-5,7H,3,6,15H2,1-2H3. The van der Waals surface area contributed by atoms with Crippen molar-refractivity contribution in [2.24, 2.45) is 12.8 Å². The van der Waals surface area contributed by atoms with Crippen LogP contribution in [0.3, 0.4) is 0 Å². The maximum absolute atomic E-state index is 6.30. The molecule has 0 aliphatic heterocycles. The summed E-state index contributed by atoms with van der Waals surface area (Å²) in [5.74, 6) is 0. The lowest BCUT2D eigenvalue weighted by Gasteiger charge is -2.10. The number of aryl methyl sites for hydroxylation is 2. The van der Waals surface area contributed by atoms with E-state index in [1.165, 1.54) is 11.3 Å². The first-order valence-electron chi connectivity index (χ1n) is 5.74. The molecule has 0 fully saturated rings. The van der Waals surface area contributed by atoms with E-state index in [1.807, 2.05) is 30.8 Å². The molecule has 2 rings (SSSR count). The molecule has 3 nitrogen and oxygen atoms in total. The van der Waals surface area contributed by atoms with Gasteiger partial charge in [-0.05, 0) is 18.6 Å². The van der Waals surface area contributed by atoms with Gasteiger partial charge in [-0.1, -0.05) is 30.1 Å². The number of rotatable bonds is 4. The van der Waals surface area contributed by atoms with Crippen LogP contribution in [0.25, 0.3) is 0 Å². The number of nitrogens with two attached hydrogens (primary N) is 1. The van der Waals surface area contributed by atoms with Crippen LogP contribution in [-0.4, -0.2) is 9.78 Å². The highest BCUT2D eigenvalue weighted by Crippen LogP contribution is 2.30. The van der Waals surface area contributed by atoms with Crippen LogP contribution in [-0.2, 0) is 19.9 Å². The molecule has 0 radical (unpaired) electrons. The van der Waals surface area contributed by atoms with Crippen LogP contribution in [0.2, 0.25) is 9.36 Å². The second-order valence-electron chi connectivity index (χ2n) is 4.14. The lowest BCUT2D eigenvalue weighted by Crippen LogP contribution is -2.14. The zero-order valence-corrected chi connectivity index (χ0v) is 12.6. The van der Waals surface area contributed by atoms with Gasteiger partial charge in [-0.3, -0.25) is 4.68 Å². The minimum absolute atomic E-state index is 0.0971. The summed E-state index contributed by atoms with van der Waals surface area (Å²) in [7, 11) is 1.90. The van der Waals surface area contributed by atoms with Gasteiger partial charge in [-0.25, -0.2) is 0 Å². The van der Waals surface area contributed by atoms with Gasteiger partial charge in [0, 0.05) is 24.4 Å². The smallest absolute Gasteiger partial charge is 0.0931 e. The molecule has 0 aromatic carbocycles. The van der Waals surface area contributed by atoms with Gasteiger partial charge in [0.15, 0.2) is 0 Å². The minimum Gasteiger partial charge on any atom is -0.323 e. The average molecular weight is 304 g/mol. The van der Waals surface area contributed by atoms with Gasteiger partial charge in [0.05, 0.1) is 20.7 Å². The molecule has 0 spiro atoms. The Balaban J connectivity index is 2.21.